The van der Waals surface area contributed by atoms with Crippen LogP contribution in [0.2, 0.25) is 0 Å². The Bertz CT molecular complexity index is 319. The Morgan fingerprint density at radius 3 is 2.53 bits per heavy atom. The quantitative estimate of drug-likeness (QED) is 0.686. The Hall–Kier alpha value is -0.780. The minimum Gasteiger partial charge on any atom is -0.0622 e. The molecular weight excluding hydrogens is 180 g/mol. The first-order valence-electron chi connectivity index (χ1n) is 6.43. The molecule has 1 unspecified atom stereocenters. The summed E-state index contributed by atoms with van der Waals surface area (Å²) in [6, 6.07) is 11.0. The topological polar surface area (TPSA) is 0 Å². The maximum absolute atomic E-state index is 2.27. The zero-order chi connectivity index (χ0) is 10.1. The Morgan fingerprint density at radius 1 is 1.07 bits per heavy atom. The molecule has 2 fully saturated rings. The van der Waals surface area contributed by atoms with Crippen LogP contribution in [-0.2, 0) is 6.42 Å². The lowest BCUT2D eigenvalue weighted by atomic mass is 9.98. The Morgan fingerprint density at radius 2 is 1.80 bits per heavy atom. The summed E-state index contributed by atoms with van der Waals surface area (Å²) in [5.41, 5.74) is 2.37. The number of hydrogen-bond donors (Lipinski definition) is 0. The number of rotatable bonds is 3. The summed E-state index contributed by atoms with van der Waals surface area (Å²) in [5.74, 6) is 1.07. The molecule has 0 saturated heterocycles. The van der Waals surface area contributed by atoms with Crippen LogP contribution < -0.4 is 0 Å². The minimum absolute atomic E-state index is 0.842. The van der Waals surface area contributed by atoms with E-state index in [1.54, 1.807) is 6.42 Å². The highest BCUT2D eigenvalue weighted by Crippen LogP contribution is 2.64. The summed E-state index contributed by atoms with van der Waals surface area (Å²) < 4.78 is 0. The van der Waals surface area contributed by atoms with Crippen molar-refractivity contribution in [1.29, 1.82) is 0 Å². The van der Waals surface area contributed by atoms with Crippen molar-refractivity contribution in [2.75, 3.05) is 0 Å². The largest absolute Gasteiger partial charge is 0.0622 e. The number of benzene rings is 1. The van der Waals surface area contributed by atoms with Crippen molar-refractivity contribution >= 4 is 0 Å². The Kier molecular flexibility index (Phi) is 2.31. The average Bonchev–Trinajstić information content (AvgIpc) is 2.72. The molecule has 15 heavy (non-hydrogen) atoms. The summed E-state index contributed by atoms with van der Waals surface area (Å²) in [6.45, 7) is 0. The number of aryl methyl sites for hydroxylation is 1. The van der Waals surface area contributed by atoms with Gasteiger partial charge in [-0.25, -0.2) is 0 Å². The van der Waals surface area contributed by atoms with Crippen LogP contribution in [0.25, 0.3) is 0 Å². The van der Waals surface area contributed by atoms with Crippen LogP contribution in [-0.4, -0.2) is 0 Å². The van der Waals surface area contributed by atoms with Crippen molar-refractivity contribution in [3.05, 3.63) is 35.9 Å². The SMILES string of the molecule is c1ccc(CCC2CC23CCCC3)cc1. The smallest absolute Gasteiger partial charge is 0.0266 e. The number of hydrogen-bond acceptors (Lipinski definition) is 0. The van der Waals surface area contributed by atoms with Gasteiger partial charge >= 0.3 is 0 Å². The zero-order valence-corrected chi connectivity index (χ0v) is 9.41. The van der Waals surface area contributed by atoms with E-state index in [2.05, 4.69) is 30.3 Å². The van der Waals surface area contributed by atoms with E-state index in [0.717, 1.165) is 11.3 Å². The molecule has 2 aliphatic carbocycles. The summed E-state index contributed by atoms with van der Waals surface area (Å²) >= 11 is 0. The van der Waals surface area contributed by atoms with E-state index in [0.29, 0.717) is 0 Å². The van der Waals surface area contributed by atoms with Gasteiger partial charge in [-0.2, -0.15) is 0 Å². The fourth-order valence-corrected chi connectivity index (χ4v) is 3.52. The summed E-state index contributed by atoms with van der Waals surface area (Å²) in [4.78, 5) is 0. The van der Waals surface area contributed by atoms with Gasteiger partial charge in [-0.1, -0.05) is 43.2 Å². The second kappa shape index (κ2) is 3.66. The lowest BCUT2D eigenvalue weighted by molar-refractivity contribution is 0.455. The van der Waals surface area contributed by atoms with Crippen molar-refractivity contribution in [1.82, 2.24) is 0 Å². The van der Waals surface area contributed by atoms with Crippen molar-refractivity contribution in [2.45, 2.75) is 44.9 Å². The van der Waals surface area contributed by atoms with Gasteiger partial charge in [0.05, 0.1) is 0 Å². The van der Waals surface area contributed by atoms with Crippen LogP contribution in [0.15, 0.2) is 30.3 Å². The predicted octanol–water partition coefficient (Wildman–Crippen LogP) is 4.20. The molecule has 0 nitrogen and oxygen atoms in total. The van der Waals surface area contributed by atoms with Crippen molar-refractivity contribution < 1.29 is 0 Å². The van der Waals surface area contributed by atoms with Crippen molar-refractivity contribution in [3.8, 4) is 0 Å². The molecule has 0 N–H and O–H groups in total. The highest BCUT2D eigenvalue weighted by molar-refractivity contribution is 5.16. The molecule has 80 valence electrons. The standard InChI is InChI=1S/C15H20/c1-2-6-13(7-3-1)8-9-14-12-15(14)10-4-5-11-15/h1-3,6-7,14H,4-5,8-12H2. The third kappa shape index (κ3) is 1.82. The first-order chi connectivity index (χ1) is 7.39. The molecule has 0 aromatic heterocycles. The van der Waals surface area contributed by atoms with Crippen LogP contribution >= 0.6 is 0 Å². The van der Waals surface area contributed by atoms with Crippen LogP contribution in [0.1, 0.15) is 44.1 Å². The molecule has 1 atom stereocenters. The summed E-state index contributed by atoms with van der Waals surface area (Å²) in [7, 11) is 0. The van der Waals surface area contributed by atoms with Crippen molar-refractivity contribution in [2.24, 2.45) is 11.3 Å². The highest BCUT2D eigenvalue weighted by Gasteiger charge is 2.53. The molecule has 0 aliphatic heterocycles. The Labute approximate surface area is 92.7 Å². The molecule has 1 aromatic rings. The van der Waals surface area contributed by atoms with Gasteiger partial charge in [-0.3, -0.25) is 0 Å². The molecule has 2 aliphatic rings. The lowest BCUT2D eigenvalue weighted by Crippen LogP contribution is -1.97. The summed E-state index contributed by atoms with van der Waals surface area (Å²) in [6.07, 6.45) is 10.3. The van der Waals surface area contributed by atoms with E-state index in [1.807, 2.05) is 0 Å². The predicted molar refractivity (Wildman–Crippen MR) is 63.8 cm³/mol. The Balaban J connectivity index is 1.52. The molecule has 1 aromatic carbocycles. The molecule has 2 saturated carbocycles. The molecule has 0 radical (unpaired) electrons. The van der Waals surface area contributed by atoms with Gasteiger partial charge in [0.2, 0.25) is 0 Å². The maximum Gasteiger partial charge on any atom is -0.0266 e. The minimum atomic E-state index is 0.842. The monoisotopic (exact) mass is 200 g/mol. The van der Waals surface area contributed by atoms with Crippen LogP contribution in [0, 0.1) is 11.3 Å². The van der Waals surface area contributed by atoms with Gasteiger partial charge in [0.15, 0.2) is 0 Å². The second-order valence-electron chi connectivity index (χ2n) is 5.49. The summed E-state index contributed by atoms with van der Waals surface area (Å²) in [5, 5.41) is 0. The van der Waals surface area contributed by atoms with E-state index >= 15 is 0 Å². The van der Waals surface area contributed by atoms with Crippen molar-refractivity contribution in [3.63, 3.8) is 0 Å². The first kappa shape index (κ1) is 9.45. The van der Waals surface area contributed by atoms with Crippen LogP contribution in [0.4, 0.5) is 0 Å². The van der Waals surface area contributed by atoms with Gasteiger partial charge in [-0.15, -0.1) is 0 Å². The molecule has 0 amide bonds. The molecule has 0 heteroatoms. The third-order valence-electron chi connectivity index (χ3n) is 4.58. The van der Waals surface area contributed by atoms with Gasteiger partial charge < -0.3 is 0 Å². The molecule has 3 rings (SSSR count). The van der Waals surface area contributed by atoms with Gasteiger partial charge in [-0.05, 0) is 49.0 Å². The fourth-order valence-electron chi connectivity index (χ4n) is 3.52. The van der Waals surface area contributed by atoms with E-state index in [4.69, 9.17) is 0 Å². The maximum atomic E-state index is 2.27. The molecular formula is C15H20. The van der Waals surface area contributed by atoms with Gasteiger partial charge in [0.1, 0.15) is 0 Å². The van der Waals surface area contributed by atoms with E-state index in [1.165, 1.54) is 44.1 Å². The normalized spacial score (nSPS) is 27.1. The average molecular weight is 200 g/mol. The lowest BCUT2D eigenvalue weighted by Gasteiger charge is -2.07. The third-order valence-corrected chi connectivity index (χ3v) is 4.58. The van der Waals surface area contributed by atoms with Gasteiger partial charge in [0.25, 0.3) is 0 Å². The van der Waals surface area contributed by atoms with E-state index in [9.17, 15) is 0 Å². The molecule has 1 spiro atoms. The zero-order valence-electron chi connectivity index (χ0n) is 9.41. The molecule has 0 heterocycles. The van der Waals surface area contributed by atoms with E-state index < -0.39 is 0 Å². The first-order valence-corrected chi connectivity index (χ1v) is 6.43. The van der Waals surface area contributed by atoms with Gasteiger partial charge in [0, 0.05) is 0 Å². The van der Waals surface area contributed by atoms with E-state index in [-0.39, 0.29) is 0 Å². The fraction of sp³-hybridized carbons (Fsp3) is 0.600. The highest BCUT2D eigenvalue weighted by atomic mass is 14.6. The second-order valence-corrected chi connectivity index (χ2v) is 5.49. The van der Waals surface area contributed by atoms with Crippen LogP contribution in [0.5, 0.6) is 0 Å². The van der Waals surface area contributed by atoms with Crippen LogP contribution in [0.3, 0.4) is 0 Å². The molecule has 0 bridgehead atoms.